The number of rotatable bonds is 47. The Balaban J connectivity index is 4.39. The third-order valence-electron chi connectivity index (χ3n) is 10.8. The van der Waals surface area contributed by atoms with Gasteiger partial charge < -0.3 is 33.3 Å². The number of unbranched alkanes of at least 4 members (excludes halogenated alkanes) is 16. The van der Waals surface area contributed by atoms with Crippen molar-refractivity contribution >= 4 is 17.9 Å². The van der Waals surface area contributed by atoms with E-state index in [1.54, 1.807) is 0 Å². The number of hydrogen-bond acceptors (Lipinski definition) is 8. The lowest BCUT2D eigenvalue weighted by Gasteiger charge is -2.26. The second-order valence-corrected chi connectivity index (χ2v) is 18.4. The predicted octanol–water partition coefficient (Wildman–Crippen LogP) is 13.7. The number of carbonyl (C=O) groups is 3. The van der Waals surface area contributed by atoms with Gasteiger partial charge in [0.1, 0.15) is 13.2 Å². The third-order valence-corrected chi connectivity index (χ3v) is 10.8. The zero-order chi connectivity index (χ0) is 49.2. The van der Waals surface area contributed by atoms with E-state index in [2.05, 4.69) is 111 Å². The lowest BCUT2D eigenvalue weighted by molar-refractivity contribution is -0.870. The van der Waals surface area contributed by atoms with Crippen LogP contribution in [-0.4, -0.2) is 82.3 Å². The van der Waals surface area contributed by atoms with Crippen molar-refractivity contribution < 1.29 is 42.9 Å². The van der Waals surface area contributed by atoms with Crippen molar-refractivity contribution in [2.45, 2.75) is 206 Å². The molecule has 382 valence electrons. The van der Waals surface area contributed by atoms with Crippen LogP contribution in [0.15, 0.2) is 97.2 Å². The molecular formula is C58H97NO8. The molecule has 0 aromatic rings. The summed E-state index contributed by atoms with van der Waals surface area (Å²) in [6.45, 7) is 4.56. The number of ether oxygens (including phenoxy) is 4. The van der Waals surface area contributed by atoms with Crippen LogP contribution in [0, 0.1) is 0 Å². The van der Waals surface area contributed by atoms with Crippen molar-refractivity contribution in [2.24, 2.45) is 0 Å². The Hall–Kier alpha value is -3.79. The van der Waals surface area contributed by atoms with Crippen molar-refractivity contribution in [3.8, 4) is 0 Å². The monoisotopic (exact) mass is 936 g/mol. The van der Waals surface area contributed by atoms with E-state index in [0.29, 0.717) is 17.4 Å². The fourth-order valence-corrected chi connectivity index (χ4v) is 6.74. The highest BCUT2D eigenvalue weighted by molar-refractivity contribution is 5.70. The summed E-state index contributed by atoms with van der Waals surface area (Å²) in [5, 5.41) is 11.7. The molecule has 0 radical (unpaired) electrons. The van der Waals surface area contributed by atoms with Gasteiger partial charge in [-0.05, 0) is 96.3 Å². The minimum atomic E-state index is -1.63. The van der Waals surface area contributed by atoms with Gasteiger partial charge in [-0.1, -0.05) is 182 Å². The Morgan fingerprint density at radius 1 is 0.463 bits per heavy atom. The number of aliphatic carboxylic acids is 1. The van der Waals surface area contributed by atoms with Crippen LogP contribution in [0.3, 0.4) is 0 Å². The van der Waals surface area contributed by atoms with E-state index in [1.807, 2.05) is 21.1 Å². The van der Waals surface area contributed by atoms with Crippen molar-refractivity contribution in [3.63, 3.8) is 0 Å². The molecule has 67 heavy (non-hydrogen) atoms. The van der Waals surface area contributed by atoms with Crippen molar-refractivity contribution in [1.82, 2.24) is 0 Å². The molecule has 0 aliphatic rings. The van der Waals surface area contributed by atoms with E-state index in [1.165, 1.54) is 44.9 Å². The van der Waals surface area contributed by atoms with Gasteiger partial charge in [-0.15, -0.1) is 0 Å². The van der Waals surface area contributed by atoms with Crippen molar-refractivity contribution in [2.75, 3.05) is 47.5 Å². The van der Waals surface area contributed by atoms with Gasteiger partial charge in [0.05, 0.1) is 40.3 Å². The molecule has 0 fully saturated rings. The van der Waals surface area contributed by atoms with Crippen LogP contribution in [0.2, 0.25) is 0 Å². The second kappa shape index (κ2) is 48.7. The summed E-state index contributed by atoms with van der Waals surface area (Å²) in [6, 6.07) is 0. The molecule has 0 aromatic carbocycles. The highest BCUT2D eigenvalue weighted by Gasteiger charge is 2.21. The molecule has 0 saturated heterocycles. The normalized spacial score (nSPS) is 13.6. The first kappa shape index (κ1) is 63.2. The van der Waals surface area contributed by atoms with E-state index in [4.69, 9.17) is 18.9 Å². The summed E-state index contributed by atoms with van der Waals surface area (Å²) < 4.78 is 22.6. The van der Waals surface area contributed by atoms with Gasteiger partial charge in [0.25, 0.3) is 0 Å². The van der Waals surface area contributed by atoms with Crippen LogP contribution in [0.1, 0.15) is 194 Å². The summed E-state index contributed by atoms with van der Waals surface area (Å²) in [5.74, 6) is -2.33. The predicted molar refractivity (Wildman–Crippen MR) is 278 cm³/mol. The molecule has 9 nitrogen and oxygen atoms in total. The third kappa shape index (κ3) is 49.9. The molecule has 0 saturated carbocycles. The summed E-state index contributed by atoms with van der Waals surface area (Å²) in [5.41, 5.74) is 0. The van der Waals surface area contributed by atoms with Crippen molar-refractivity contribution in [3.05, 3.63) is 97.2 Å². The number of likely N-dealkylation sites (N-methyl/N-ethyl adjacent to an activating group) is 1. The van der Waals surface area contributed by atoms with Gasteiger partial charge in [0.2, 0.25) is 0 Å². The van der Waals surface area contributed by atoms with Gasteiger partial charge in [0.15, 0.2) is 12.4 Å². The van der Waals surface area contributed by atoms with E-state index in [-0.39, 0.29) is 38.6 Å². The van der Waals surface area contributed by atoms with Crippen LogP contribution < -0.4 is 5.11 Å². The van der Waals surface area contributed by atoms with Crippen molar-refractivity contribution in [1.29, 1.82) is 0 Å². The Morgan fingerprint density at radius 3 is 1.27 bits per heavy atom. The maximum atomic E-state index is 12.8. The maximum Gasteiger partial charge on any atom is 0.306 e. The highest BCUT2D eigenvalue weighted by atomic mass is 16.7. The number of allylic oxidation sites excluding steroid dienone is 16. The van der Waals surface area contributed by atoms with E-state index in [0.717, 1.165) is 116 Å². The lowest BCUT2D eigenvalue weighted by atomic mass is 10.1. The fraction of sp³-hybridized carbons (Fsp3) is 0.672. The Kier molecular flexibility index (Phi) is 45.9. The first-order valence-electron chi connectivity index (χ1n) is 26.4. The first-order valence-corrected chi connectivity index (χ1v) is 26.4. The summed E-state index contributed by atoms with van der Waals surface area (Å²) in [7, 11) is 5.90. The molecule has 2 atom stereocenters. The second-order valence-electron chi connectivity index (χ2n) is 18.4. The first-order chi connectivity index (χ1) is 32.6. The van der Waals surface area contributed by atoms with Gasteiger partial charge in [-0.2, -0.15) is 0 Å². The molecule has 0 spiro atoms. The topological polar surface area (TPSA) is 111 Å². The molecule has 0 heterocycles. The van der Waals surface area contributed by atoms with Crippen LogP contribution in [0.5, 0.6) is 0 Å². The molecule has 0 aliphatic carbocycles. The molecule has 0 aromatic heterocycles. The average Bonchev–Trinajstić information content (AvgIpc) is 3.29. The number of esters is 2. The summed E-state index contributed by atoms with van der Waals surface area (Å²) >= 11 is 0. The zero-order valence-corrected chi connectivity index (χ0v) is 43.2. The van der Waals surface area contributed by atoms with Crippen LogP contribution in [0.4, 0.5) is 0 Å². The summed E-state index contributed by atoms with van der Waals surface area (Å²) in [6.07, 6.45) is 61.5. The van der Waals surface area contributed by atoms with Gasteiger partial charge in [0, 0.05) is 12.8 Å². The quantitative estimate of drug-likeness (QED) is 0.0195. The Bertz CT molecular complexity index is 1420. The fourth-order valence-electron chi connectivity index (χ4n) is 6.74. The number of carboxylic acid groups (broad SMARTS) is 1. The van der Waals surface area contributed by atoms with Gasteiger partial charge >= 0.3 is 11.9 Å². The Morgan fingerprint density at radius 2 is 0.851 bits per heavy atom. The zero-order valence-electron chi connectivity index (χ0n) is 43.2. The van der Waals surface area contributed by atoms with E-state index >= 15 is 0 Å². The van der Waals surface area contributed by atoms with Gasteiger partial charge in [-0.25, -0.2) is 0 Å². The molecule has 0 aliphatic heterocycles. The molecule has 0 bridgehead atoms. The minimum Gasteiger partial charge on any atom is -0.545 e. The molecule has 0 amide bonds. The van der Waals surface area contributed by atoms with E-state index < -0.39 is 24.3 Å². The van der Waals surface area contributed by atoms with E-state index in [9.17, 15) is 19.5 Å². The summed E-state index contributed by atoms with van der Waals surface area (Å²) in [4.78, 5) is 37.2. The van der Waals surface area contributed by atoms with Crippen LogP contribution >= 0.6 is 0 Å². The number of hydrogen-bond donors (Lipinski definition) is 0. The maximum absolute atomic E-state index is 12.8. The molecule has 0 N–H and O–H groups in total. The standard InChI is InChI=1S/C58H97NO8/c1-6-8-10-12-14-16-18-20-22-24-25-26-27-28-29-30-31-33-35-37-39-41-43-45-47-49-56(61)67-54(53-66-58(57(62)63)64-51-50-59(3,4)5)52-65-55(60)48-46-44-42-40-38-36-34-32-23-21-19-17-15-13-11-9-7-2/h8,10,14-17,20-23,25-26,28-29,31,33,54,58H,6-7,9,11-13,18-19,24,27,30,32,34-53H2,1-5H3/b10-8-,16-14-,17-15-,22-20-,23-21-,26-25-,29-28-,33-31-. The van der Waals surface area contributed by atoms with Gasteiger partial charge in [-0.3, -0.25) is 9.59 Å². The Labute approximate surface area is 410 Å². The molecule has 9 heteroatoms. The largest absolute Gasteiger partial charge is 0.545 e. The number of carbonyl (C=O) groups excluding carboxylic acids is 3. The number of quaternary nitrogens is 1. The molecular weight excluding hydrogens is 839 g/mol. The minimum absolute atomic E-state index is 0.138. The van der Waals surface area contributed by atoms with Crippen LogP contribution in [0.25, 0.3) is 0 Å². The number of nitrogens with zero attached hydrogens (tertiary/aromatic N) is 1. The average molecular weight is 936 g/mol. The molecule has 2 unspecified atom stereocenters. The smallest absolute Gasteiger partial charge is 0.306 e. The SMILES string of the molecule is CC/C=C\C/C=C\C/C=C\C/C=C\C/C=C\C/C=C\CCCCCCCCC(=O)OC(COC(=O)CCCCCCCCC/C=C\C/C=C\CCCCC)COC(OCC[N+](C)(C)C)C(=O)[O-]. The van der Waals surface area contributed by atoms with Crippen LogP contribution in [-0.2, 0) is 33.3 Å². The highest BCUT2D eigenvalue weighted by Crippen LogP contribution is 2.13. The molecule has 0 rings (SSSR count). The number of carboxylic acids is 1. The lowest BCUT2D eigenvalue weighted by Crippen LogP contribution is -2.44.